The average molecular weight is 246 g/mol. The normalized spacial score (nSPS) is 9.67. The van der Waals surface area contributed by atoms with Gasteiger partial charge in [0.25, 0.3) is 5.91 Å². The van der Waals surface area contributed by atoms with E-state index in [0.29, 0.717) is 13.1 Å². The van der Waals surface area contributed by atoms with Crippen molar-refractivity contribution in [3.8, 4) is 0 Å². The number of azide groups is 1. The van der Waals surface area contributed by atoms with Crippen molar-refractivity contribution in [2.75, 3.05) is 13.1 Å². The minimum atomic E-state index is -0.0417. The molecule has 0 saturated heterocycles. The first-order valence-corrected chi connectivity index (χ1v) is 6.01. The van der Waals surface area contributed by atoms with Crippen molar-refractivity contribution in [2.45, 2.75) is 26.7 Å². The molecule has 0 aromatic heterocycles. The predicted molar refractivity (Wildman–Crippen MR) is 71.5 cm³/mol. The molecule has 0 aliphatic heterocycles. The van der Waals surface area contributed by atoms with Crippen molar-refractivity contribution >= 4 is 5.91 Å². The molecule has 1 aromatic carbocycles. The monoisotopic (exact) mass is 246 g/mol. The summed E-state index contributed by atoms with van der Waals surface area (Å²) in [5.41, 5.74) is 10.9. The zero-order valence-corrected chi connectivity index (χ0v) is 10.8. The third-order valence-electron chi connectivity index (χ3n) is 2.67. The van der Waals surface area contributed by atoms with E-state index in [4.69, 9.17) is 5.53 Å². The number of aryl methyl sites for hydroxylation is 2. The Bertz CT molecular complexity index is 464. The second-order valence-electron chi connectivity index (χ2n) is 4.24. The number of amides is 1. The number of hydrogen-bond donors (Lipinski definition) is 1. The lowest BCUT2D eigenvalue weighted by Crippen LogP contribution is -2.25. The summed E-state index contributed by atoms with van der Waals surface area (Å²) in [5, 5.41) is 6.31. The lowest BCUT2D eigenvalue weighted by Gasteiger charge is -2.08. The van der Waals surface area contributed by atoms with Gasteiger partial charge >= 0.3 is 0 Å². The second-order valence-corrected chi connectivity index (χ2v) is 4.24. The molecule has 1 aromatic rings. The van der Waals surface area contributed by atoms with Crippen LogP contribution in [0.1, 0.15) is 34.3 Å². The van der Waals surface area contributed by atoms with Crippen LogP contribution in [-0.4, -0.2) is 19.0 Å². The van der Waals surface area contributed by atoms with Crippen LogP contribution in [0.15, 0.2) is 23.3 Å². The molecule has 0 atom stereocenters. The summed E-state index contributed by atoms with van der Waals surface area (Å²) in [6, 6.07) is 5.84. The van der Waals surface area contributed by atoms with Gasteiger partial charge in [0.2, 0.25) is 0 Å². The van der Waals surface area contributed by atoms with E-state index in [1.165, 1.54) is 0 Å². The Kier molecular flexibility index (Phi) is 5.74. The fourth-order valence-corrected chi connectivity index (χ4v) is 1.63. The molecule has 0 fully saturated rings. The highest BCUT2D eigenvalue weighted by Crippen LogP contribution is 2.10. The lowest BCUT2D eigenvalue weighted by molar-refractivity contribution is 0.0952. The molecule has 18 heavy (non-hydrogen) atoms. The summed E-state index contributed by atoms with van der Waals surface area (Å²) < 4.78 is 0. The second kappa shape index (κ2) is 7.35. The number of nitrogens with one attached hydrogen (secondary N) is 1. The van der Waals surface area contributed by atoms with Crippen LogP contribution in [-0.2, 0) is 0 Å². The van der Waals surface area contributed by atoms with Crippen molar-refractivity contribution < 1.29 is 4.79 Å². The fraction of sp³-hybridized carbons (Fsp3) is 0.462. The third kappa shape index (κ3) is 4.47. The van der Waals surface area contributed by atoms with Crippen molar-refractivity contribution in [2.24, 2.45) is 5.11 Å². The van der Waals surface area contributed by atoms with Crippen molar-refractivity contribution in [3.05, 3.63) is 45.3 Å². The van der Waals surface area contributed by atoms with E-state index in [1.54, 1.807) is 0 Å². The standard InChI is InChI=1S/C13H18N4O/c1-10-5-6-11(2)12(9-10)13(18)15-7-3-4-8-16-17-14/h5-6,9H,3-4,7-8H2,1-2H3,(H,15,18). The molecule has 0 aliphatic rings. The van der Waals surface area contributed by atoms with Crippen LogP contribution in [0.3, 0.4) is 0 Å². The van der Waals surface area contributed by atoms with Gasteiger partial charge in [0.15, 0.2) is 0 Å². The van der Waals surface area contributed by atoms with Crippen molar-refractivity contribution in [1.29, 1.82) is 0 Å². The topological polar surface area (TPSA) is 77.9 Å². The van der Waals surface area contributed by atoms with Crippen LogP contribution >= 0.6 is 0 Å². The Labute approximate surface area is 107 Å². The molecule has 0 saturated carbocycles. The number of carbonyl (C=O) groups excluding carboxylic acids is 1. The summed E-state index contributed by atoms with van der Waals surface area (Å²) in [4.78, 5) is 14.6. The molecule has 96 valence electrons. The maximum atomic E-state index is 11.9. The first-order chi connectivity index (χ1) is 8.65. The van der Waals surface area contributed by atoms with Crippen molar-refractivity contribution in [1.82, 2.24) is 5.32 Å². The summed E-state index contributed by atoms with van der Waals surface area (Å²) in [5.74, 6) is -0.0417. The lowest BCUT2D eigenvalue weighted by atomic mass is 10.1. The van der Waals surface area contributed by atoms with E-state index in [-0.39, 0.29) is 5.91 Å². The Morgan fingerprint density at radius 3 is 2.89 bits per heavy atom. The zero-order valence-electron chi connectivity index (χ0n) is 10.8. The molecule has 0 bridgehead atoms. The van der Waals surface area contributed by atoms with Crippen LogP contribution in [0, 0.1) is 13.8 Å². The van der Waals surface area contributed by atoms with Crippen molar-refractivity contribution in [3.63, 3.8) is 0 Å². The average Bonchev–Trinajstić information content (AvgIpc) is 2.36. The van der Waals surface area contributed by atoms with E-state index < -0.39 is 0 Å². The van der Waals surface area contributed by atoms with Crippen LogP contribution in [0.25, 0.3) is 10.4 Å². The van der Waals surface area contributed by atoms with E-state index in [1.807, 2.05) is 32.0 Å². The summed E-state index contributed by atoms with van der Waals surface area (Å²) >= 11 is 0. The molecule has 1 rings (SSSR count). The molecular formula is C13H18N4O. The molecule has 0 aliphatic carbocycles. The molecule has 0 radical (unpaired) electrons. The number of hydrogen-bond acceptors (Lipinski definition) is 2. The highest BCUT2D eigenvalue weighted by Gasteiger charge is 2.07. The maximum Gasteiger partial charge on any atom is 0.251 e. The number of benzene rings is 1. The summed E-state index contributed by atoms with van der Waals surface area (Å²) in [6.07, 6.45) is 1.60. The molecule has 0 unspecified atom stereocenters. The molecule has 1 amide bonds. The van der Waals surface area contributed by atoms with E-state index in [0.717, 1.165) is 29.5 Å². The minimum absolute atomic E-state index is 0.0417. The predicted octanol–water partition coefficient (Wildman–Crippen LogP) is 3.12. The van der Waals surface area contributed by atoms with E-state index in [2.05, 4.69) is 15.3 Å². The van der Waals surface area contributed by atoms with Gasteiger partial charge in [0.1, 0.15) is 0 Å². The maximum absolute atomic E-state index is 11.9. The van der Waals surface area contributed by atoms with Crippen LogP contribution in [0.2, 0.25) is 0 Å². The van der Waals surface area contributed by atoms with Gasteiger partial charge in [-0.3, -0.25) is 4.79 Å². The Morgan fingerprint density at radius 1 is 1.39 bits per heavy atom. The quantitative estimate of drug-likeness (QED) is 0.356. The molecule has 0 spiro atoms. The zero-order chi connectivity index (χ0) is 13.4. The summed E-state index contributed by atoms with van der Waals surface area (Å²) in [7, 11) is 0. The van der Waals surface area contributed by atoms with Gasteiger partial charge in [0, 0.05) is 23.6 Å². The van der Waals surface area contributed by atoms with Crippen LogP contribution in [0.4, 0.5) is 0 Å². The first-order valence-electron chi connectivity index (χ1n) is 6.01. The van der Waals surface area contributed by atoms with Gasteiger partial charge in [-0.25, -0.2) is 0 Å². The SMILES string of the molecule is Cc1ccc(C)c(C(=O)NCCCCN=[N+]=[N-])c1. The number of nitrogens with zero attached hydrogens (tertiary/aromatic N) is 3. The van der Waals surface area contributed by atoms with Gasteiger partial charge in [-0.2, -0.15) is 0 Å². The Morgan fingerprint density at radius 2 is 2.17 bits per heavy atom. The number of unbranched alkanes of at least 4 members (excludes halogenated alkanes) is 1. The molecule has 0 heterocycles. The Hall–Kier alpha value is -2.00. The Balaban J connectivity index is 2.41. The van der Waals surface area contributed by atoms with Crippen LogP contribution in [0.5, 0.6) is 0 Å². The van der Waals surface area contributed by atoms with Gasteiger partial charge in [-0.05, 0) is 43.9 Å². The largest absolute Gasteiger partial charge is 0.352 e. The minimum Gasteiger partial charge on any atom is -0.352 e. The van der Waals surface area contributed by atoms with Gasteiger partial charge in [-0.1, -0.05) is 22.8 Å². The van der Waals surface area contributed by atoms with Crippen LogP contribution < -0.4 is 5.32 Å². The number of rotatable bonds is 6. The first kappa shape index (κ1) is 14.1. The van der Waals surface area contributed by atoms with Gasteiger partial charge in [-0.15, -0.1) is 0 Å². The fourth-order valence-electron chi connectivity index (χ4n) is 1.63. The third-order valence-corrected chi connectivity index (χ3v) is 2.67. The molecule has 5 nitrogen and oxygen atoms in total. The van der Waals surface area contributed by atoms with Gasteiger partial charge in [0.05, 0.1) is 0 Å². The number of carbonyl (C=O) groups is 1. The molecule has 5 heteroatoms. The van der Waals surface area contributed by atoms with Gasteiger partial charge < -0.3 is 5.32 Å². The highest BCUT2D eigenvalue weighted by atomic mass is 16.1. The highest BCUT2D eigenvalue weighted by molar-refractivity contribution is 5.95. The molecular weight excluding hydrogens is 228 g/mol. The summed E-state index contributed by atoms with van der Waals surface area (Å²) in [6.45, 7) is 4.98. The molecule has 1 N–H and O–H groups in total. The smallest absolute Gasteiger partial charge is 0.251 e. The van der Waals surface area contributed by atoms with E-state index in [9.17, 15) is 4.79 Å². The van der Waals surface area contributed by atoms with E-state index >= 15 is 0 Å².